The fraction of sp³-hybridized carbons (Fsp3) is 0.235. The van der Waals surface area contributed by atoms with Crippen LogP contribution in [0, 0.1) is 0 Å². The van der Waals surface area contributed by atoms with Gasteiger partial charge in [-0.2, -0.15) is 0 Å². The summed E-state index contributed by atoms with van der Waals surface area (Å²) in [7, 11) is 0. The molecule has 0 atom stereocenters. The first-order chi connectivity index (χ1) is 9.50. The van der Waals surface area contributed by atoms with E-state index in [1.807, 2.05) is 68.4 Å². The molecule has 2 rings (SSSR count). The minimum absolute atomic E-state index is 0.0312. The molecule has 0 aliphatic carbocycles. The van der Waals surface area contributed by atoms with Gasteiger partial charge < -0.3 is 5.32 Å². The van der Waals surface area contributed by atoms with Crippen LogP contribution in [0.25, 0.3) is 0 Å². The lowest BCUT2D eigenvalue weighted by Gasteiger charge is -2.24. The van der Waals surface area contributed by atoms with Crippen LogP contribution in [0.4, 0.5) is 0 Å². The van der Waals surface area contributed by atoms with Crippen LogP contribution in [0.5, 0.6) is 0 Å². The van der Waals surface area contributed by atoms with Crippen LogP contribution >= 0.6 is 15.9 Å². The number of halogens is 1. The first-order valence-corrected chi connectivity index (χ1v) is 7.38. The average Bonchev–Trinajstić information content (AvgIpc) is 2.46. The molecule has 0 aromatic heterocycles. The lowest BCUT2D eigenvalue weighted by atomic mass is 9.84. The molecule has 3 heteroatoms. The van der Waals surface area contributed by atoms with Gasteiger partial charge in [0.25, 0.3) is 0 Å². The van der Waals surface area contributed by atoms with Gasteiger partial charge in [-0.25, -0.2) is 0 Å². The molecule has 2 nitrogen and oxygen atoms in total. The Labute approximate surface area is 128 Å². The first kappa shape index (κ1) is 14.8. The van der Waals surface area contributed by atoms with Crippen molar-refractivity contribution >= 4 is 21.8 Å². The number of carbonyl (C=O) groups excluding carboxylic acids is 1. The summed E-state index contributed by atoms with van der Waals surface area (Å²) < 4.78 is 1.02. The number of hydrogen-bond donors (Lipinski definition) is 1. The molecule has 0 spiro atoms. The summed E-state index contributed by atoms with van der Waals surface area (Å²) in [6.07, 6.45) is 0. The van der Waals surface area contributed by atoms with Crippen LogP contribution in [0.2, 0.25) is 0 Å². The van der Waals surface area contributed by atoms with E-state index in [0.29, 0.717) is 6.54 Å². The van der Waals surface area contributed by atoms with Gasteiger partial charge in [0.2, 0.25) is 5.91 Å². The van der Waals surface area contributed by atoms with Crippen LogP contribution in [0.15, 0.2) is 59.1 Å². The van der Waals surface area contributed by atoms with Crippen molar-refractivity contribution in [3.8, 4) is 0 Å². The molecular weight excluding hydrogens is 314 g/mol. The maximum atomic E-state index is 12.4. The van der Waals surface area contributed by atoms with E-state index in [9.17, 15) is 4.79 Å². The summed E-state index contributed by atoms with van der Waals surface area (Å²) in [4.78, 5) is 12.4. The number of carbonyl (C=O) groups is 1. The molecule has 0 unspecified atom stereocenters. The highest BCUT2D eigenvalue weighted by atomic mass is 79.9. The summed E-state index contributed by atoms with van der Waals surface area (Å²) in [5.41, 5.74) is 1.56. The van der Waals surface area contributed by atoms with E-state index in [1.165, 1.54) is 0 Å². The molecule has 0 saturated carbocycles. The van der Waals surface area contributed by atoms with Crippen LogP contribution in [-0.4, -0.2) is 5.91 Å². The summed E-state index contributed by atoms with van der Waals surface area (Å²) in [6.45, 7) is 4.44. The van der Waals surface area contributed by atoms with Crippen molar-refractivity contribution in [2.45, 2.75) is 25.8 Å². The smallest absolute Gasteiger partial charge is 0.230 e. The third-order valence-electron chi connectivity index (χ3n) is 3.43. The zero-order chi connectivity index (χ0) is 14.6. The molecule has 1 amide bonds. The minimum Gasteiger partial charge on any atom is -0.351 e. The van der Waals surface area contributed by atoms with Gasteiger partial charge in [0.05, 0.1) is 5.41 Å². The Kier molecular flexibility index (Phi) is 4.61. The van der Waals surface area contributed by atoms with Crippen molar-refractivity contribution in [1.29, 1.82) is 0 Å². The first-order valence-electron chi connectivity index (χ1n) is 6.58. The fourth-order valence-electron chi connectivity index (χ4n) is 2.00. The number of amides is 1. The second kappa shape index (κ2) is 6.23. The second-order valence-electron chi connectivity index (χ2n) is 5.30. The van der Waals surface area contributed by atoms with E-state index in [2.05, 4.69) is 21.2 Å². The monoisotopic (exact) mass is 331 g/mol. The molecule has 2 aromatic rings. The van der Waals surface area contributed by atoms with Crippen molar-refractivity contribution in [3.63, 3.8) is 0 Å². The highest BCUT2D eigenvalue weighted by Gasteiger charge is 2.29. The average molecular weight is 332 g/mol. The molecule has 0 heterocycles. The molecule has 1 N–H and O–H groups in total. The number of hydrogen-bond acceptors (Lipinski definition) is 1. The number of nitrogens with one attached hydrogen (secondary N) is 1. The fourth-order valence-corrected chi connectivity index (χ4v) is 2.26. The Morgan fingerprint density at radius 3 is 2.25 bits per heavy atom. The molecule has 0 saturated heterocycles. The summed E-state index contributed by atoms with van der Waals surface area (Å²) in [6, 6.07) is 17.8. The minimum atomic E-state index is -0.546. The number of rotatable bonds is 4. The zero-order valence-corrected chi connectivity index (χ0v) is 13.3. The molecule has 20 heavy (non-hydrogen) atoms. The molecule has 0 fully saturated rings. The topological polar surface area (TPSA) is 29.1 Å². The third kappa shape index (κ3) is 3.48. The molecular formula is C17H18BrNO. The largest absolute Gasteiger partial charge is 0.351 e. The summed E-state index contributed by atoms with van der Waals surface area (Å²) >= 11 is 3.41. The highest BCUT2D eigenvalue weighted by molar-refractivity contribution is 9.10. The van der Waals surface area contributed by atoms with Gasteiger partial charge in [0.1, 0.15) is 0 Å². The lowest BCUT2D eigenvalue weighted by Crippen LogP contribution is -2.39. The van der Waals surface area contributed by atoms with Gasteiger partial charge in [0, 0.05) is 11.0 Å². The Hall–Kier alpha value is -1.61. The molecule has 0 bridgehead atoms. The zero-order valence-electron chi connectivity index (χ0n) is 11.7. The van der Waals surface area contributed by atoms with Crippen molar-refractivity contribution in [3.05, 3.63) is 70.2 Å². The van der Waals surface area contributed by atoms with Gasteiger partial charge in [-0.05, 0) is 37.1 Å². The third-order valence-corrected chi connectivity index (χ3v) is 3.96. The SMILES string of the molecule is CC(C)(C(=O)NCc1ccccc1)c1ccc(Br)cc1. The summed E-state index contributed by atoms with van der Waals surface area (Å²) in [5, 5.41) is 3.00. The predicted molar refractivity (Wildman–Crippen MR) is 85.5 cm³/mol. The maximum Gasteiger partial charge on any atom is 0.230 e. The molecule has 0 aliphatic heterocycles. The lowest BCUT2D eigenvalue weighted by molar-refractivity contribution is -0.125. The van der Waals surface area contributed by atoms with Crippen LogP contribution in [0.3, 0.4) is 0 Å². The van der Waals surface area contributed by atoms with Gasteiger partial charge >= 0.3 is 0 Å². The van der Waals surface area contributed by atoms with Gasteiger partial charge in [-0.1, -0.05) is 58.4 Å². The van der Waals surface area contributed by atoms with Crippen molar-refractivity contribution in [1.82, 2.24) is 5.32 Å². The van der Waals surface area contributed by atoms with E-state index in [4.69, 9.17) is 0 Å². The quantitative estimate of drug-likeness (QED) is 0.899. The Balaban J connectivity index is 2.05. The van der Waals surface area contributed by atoms with Crippen LogP contribution < -0.4 is 5.32 Å². The normalized spacial score (nSPS) is 11.2. The van der Waals surface area contributed by atoms with Gasteiger partial charge in [-0.3, -0.25) is 4.79 Å². The maximum absolute atomic E-state index is 12.4. The van der Waals surface area contributed by atoms with Gasteiger partial charge in [0.15, 0.2) is 0 Å². The van der Waals surface area contributed by atoms with E-state index in [-0.39, 0.29) is 5.91 Å². The molecule has 0 radical (unpaired) electrons. The van der Waals surface area contributed by atoms with E-state index in [0.717, 1.165) is 15.6 Å². The summed E-state index contributed by atoms with van der Waals surface area (Å²) in [5.74, 6) is 0.0312. The standard InChI is InChI=1S/C17H18BrNO/c1-17(2,14-8-10-15(18)11-9-14)16(20)19-12-13-6-4-3-5-7-13/h3-11H,12H2,1-2H3,(H,19,20). The Bertz CT molecular complexity index is 576. The van der Waals surface area contributed by atoms with Crippen molar-refractivity contribution in [2.75, 3.05) is 0 Å². The van der Waals surface area contributed by atoms with Crippen LogP contribution in [-0.2, 0) is 16.8 Å². The van der Waals surface area contributed by atoms with Gasteiger partial charge in [-0.15, -0.1) is 0 Å². The van der Waals surface area contributed by atoms with E-state index < -0.39 is 5.41 Å². The molecule has 104 valence electrons. The van der Waals surface area contributed by atoms with E-state index in [1.54, 1.807) is 0 Å². The molecule has 0 aliphatic rings. The van der Waals surface area contributed by atoms with Crippen molar-refractivity contribution in [2.24, 2.45) is 0 Å². The Morgan fingerprint density at radius 1 is 1.05 bits per heavy atom. The van der Waals surface area contributed by atoms with Crippen molar-refractivity contribution < 1.29 is 4.79 Å². The van der Waals surface area contributed by atoms with E-state index >= 15 is 0 Å². The predicted octanol–water partition coefficient (Wildman–Crippen LogP) is 4.04. The highest BCUT2D eigenvalue weighted by Crippen LogP contribution is 2.25. The number of benzene rings is 2. The van der Waals surface area contributed by atoms with Crippen LogP contribution in [0.1, 0.15) is 25.0 Å². The molecule has 2 aromatic carbocycles. The second-order valence-corrected chi connectivity index (χ2v) is 6.22. The Morgan fingerprint density at radius 2 is 1.65 bits per heavy atom.